The summed E-state index contributed by atoms with van der Waals surface area (Å²) in [6.07, 6.45) is 15.5. The molecule has 127 heavy (non-hydrogen) atoms. The number of carbonyl (C=O) groups is 4. The van der Waals surface area contributed by atoms with Gasteiger partial charge in [-0.3, -0.25) is 91.6 Å². The number of imidazole rings is 4. The summed E-state index contributed by atoms with van der Waals surface area (Å²) < 4.78 is 19.6. The van der Waals surface area contributed by atoms with E-state index in [1.165, 1.54) is 25.7 Å². The van der Waals surface area contributed by atoms with Crippen LogP contribution in [0.3, 0.4) is 0 Å². The van der Waals surface area contributed by atoms with Gasteiger partial charge >= 0.3 is 0 Å². The number of fused-ring (bicyclic) bond motifs is 12. The summed E-state index contributed by atoms with van der Waals surface area (Å²) in [5.74, 6) is 15.8. The molecular formula is C93H107BrClN23O9. The molecule has 0 atom stereocenters. The van der Waals surface area contributed by atoms with Crippen molar-refractivity contribution in [1.29, 1.82) is 0 Å². The third kappa shape index (κ3) is 16.8. The summed E-state index contributed by atoms with van der Waals surface area (Å²) in [6.45, 7) is 20.5. The molecule has 4 fully saturated rings. The van der Waals surface area contributed by atoms with Gasteiger partial charge in [0.2, 0.25) is 41.7 Å². The Balaban J connectivity index is 0.000000115. The van der Waals surface area contributed by atoms with E-state index in [0.29, 0.717) is 163 Å². The Labute approximate surface area is 751 Å². The Kier molecular flexibility index (Phi) is 24.5. The molecule has 6 N–H and O–H groups in total. The smallest absolute Gasteiger partial charge is 0.283 e. The molecule has 9 aromatic rings. The minimum absolute atomic E-state index is 0.0443. The van der Waals surface area contributed by atoms with Crippen molar-refractivity contribution in [2.75, 3.05) is 128 Å². The van der Waals surface area contributed by atoms with Crippen LogP contribution in [-0.2, 0) is 30.9 Å². The number of anilines is 7. The molecular weight excluding hydrogens is 1700 g/mol. The first-order valence-electron chi connectivity index (χ1n) is 44.6. The number of benzene rings is 5. The number of hydrogen-bond donors (Lipinski definition) is 6. The van der Waals surface area contributed by atoms with Crippen molar-refractivity contribution >= 4 is 116 Å². The fourth-order valence-corrected chi connectivity index (χ4v) is 19.9. The van der Waals surface area contributed by atoms with E-state index in [9.17, 15) is 34.5 Å². The van der Waals surface area contributed by atoms with Crippen LogP contribution in [0.15, 0.2) is 134 Å². The van der Waals surface area contributed by atoms with E-state index in [0.717, 1.165) is 166 Å². The molecule has 1 saturated heterocycles. The number of phenols is 3. The van der Waals surface area contributed by atoms with Gasteiger partial charge in [-0.15, -0.1) is 0 Å². The number of halogens is 2. The van der Waals surface area contributed by atoms with Gasteiger partial charge in [0.25, 0.3) is 23.6 Å². The van der Waals surface area contributed by atoms with Crippen molar-refractivity contribution < 1.29 is 44.0 Å². The number of nitrogens with zero attached hydrogens (tertiary/aromatic N) is 20. The van der Waals surface area contributed by atoms with Crippen molar-refractivity contribution in [2.45, 2.75) is 174 Å². The van der Waals surface area contributed by atoms with Crippen LogP contribution in [0, 0.1) is 18.8 Å². The van der Waals surface area contributed by atoms with Gasteiger partial charge in [-0.05, 0) is 190 Å². The molecule has 0 bridgehead atoms. The molecule has 0 unspecified atom stereocenters. The van der Waals surface area contributed by atoms with E-state index in [2.05, 4.69) is 79.5 Å². The number of aromatic nitrogens is 8. The fourth-order valence-electron chi connectivity index (χ4n) is 19.2. The van der Waals surface area contributed by atoms with Gasteiger partial charge in [0, 0.05) is 82.7 Å². The second-order valence-electron chi connectivity index (χ2n) is 33.8. The lowest BCUT2D eigenvalue weighted by Gasteiger charge is -2.34. The Morgan fingerprint density at radius 1 is 0.504 bits per heavy atom. The Morgan fingerprint density at radius 2 is 0.953 bits per heavy atom. The molecule has 1 spiro atoms. The topological polar surface area (TPSA) is 330 Å². The summed E-state index contributed by atoms with van der Waals surface area (Å²) in [7, 11) is 1.68. The van der Waals surface area contributed by atoms with E-state index in [-0.39, 0.29) is 52.5 Å². The lowest BCUT2D eigenvalue weighted by atomic mass is 9.99. The SMILES string of the molecule is CCN1C(=O)c2c(nc(NC3CCCC3)n2Cc2ccc(O)c(Br)c2)N2CCN=C12.CCN1C(=O)c2c(nc(NC3CCCC3)n2Cc2ccc(O)c(Cl)c2)N2CCN=C12.CCN1C(=O)c2c(nc(NC3CCOCC3)n2Cc2ccc(OC)c(C)c2)N2CCN=C12.CCN1C(=O)c2nc(C#Cc3ccccc3)n(Cc3ccc(O)cc3)c2N2CC3(CCCC3)N=C12. The number of nitrogens with one attached hydrogen (secondary N) is 3. The Hall–Kier alpha value is -12.4. The lowest BCUT2D eigenvalue weighted by Crippen LogP contribution is -2.51. The maximum absolute atomic E-state index is 13.6. The van der Waals surface area contributed by atoms with E-state index in [1.54, 1.807) is 57.0 Å². The Morgan fingerprint density at radius 3 is 1.43 bits per heavy atom. The van der Waals surface area contributed by atoms with Gasteiger partial charge in [0.15, 0.2) is 46.1 Å². The first-order chi connectivity index (χ1) is 61.8. The summed E-state index contributed by atoms with van der Waals surface area (Å²) in [5, 5.41) is 40.5. The highest BCUT2D eigenvalue weighted by atomic mass is 79.9. The average Bonchev–Trinajstić information content (AvgIpc) is 1.57. The summed E-state index contributed by atoms with van der Waals surface area (Å²) >= 11 is 9.53. The lowest BCUT2D eigenvalue weighted by molar-refractivity contribution is 0.0828. The predicted molar refractivity (Wildman–Crippen MR) is 493 cm³/mol. The van der Waals surface area contributed by atoms with Crippen LogP contribution in [0.5, 0.6) is 23.0 Å². The Bertz CT molecular complexity index is 5740. The number of aromatic hydroxyl groups is 3. The summed E-state index contributed by atoms with van der Waals surface area (Å²) in [6, 6.07) is 34.6. The third-order valence-corrected chi connectivity index (χ3v) is 26.6. The first kappa shape index (κ1) is 85.4. The number of methoxy groups -OCH3 is 1. The molecule has 662 valence electrons. The van der Waals surface area contributed by atoms with Crippen molar-refractivity contribution in [2.24, 2.45) is 20.0 Å². The van der Waals surface area contributed by atoms with E-state index >= 15 is 0 Å². The molecule has 12 aliphatic rings. The van der Waals surface area contributed by atoms with Crippen LogP contribution < -0.4 is 40.3 Å². The zero-order valence-corrected chi connectivity index (χ0v) is 74.9. The van der Waals surface area contributed by atoms with E-state index < -0.39 is 0 Å². The fraction of sp³-hybridized carbons (Fsp3) is 0.441. The third-order valence-electron chi connectivity index (χ3n) is 25.7. The van der Waals surface area contributed by atoms with Crippen molar-refractivity contribution in [3.8, 4) is 34.8 Å². The number of rotatable bonds is 19. The van der Waals surface area contributed by atoms with Crippen LogP contribution in [0.2, 0.25) is 5.02 Å². The second-order valence-corrected chi connectivity index (χ2v) is 35.1. The van der Waals surface area contributed by atoms with E-state index in [4.69, 9.17) is 46.0 Å². The minimum Gasteiger partial charge on any atom is -0.508 e. The number of guanidine groups is 4. The molecule has 21 rings (SSSR count). The number of phenolic OH excluding ortho intramolecular Hbond substituents is 3. The van der Waals surface area contributed by atoms with Gasteiger partial charge in [-0.1, -0.05) is 111 Å². The standard InChI is InChI=1S/C28H27N5O2.C23H30N6O3.C21H25BrN6O2.C21H25ClN6O2/c1-2-31-26(35)24-25(33-19-28(30-27(31)33)16-6-7-17-28)32(18-21-10-13-22(34)14-11-21)23(29-24)15-12-20-8-4-3-5-9-20;1-4-27-21(30)19-20(28-10-9-24-23(27)28)26-22(25-17-7-11-32-12-8-17)29(19)14-16-5-6-18(31-3)15(2)13-16;2*1-2-26-19(30)17-18(27-10-9-23-21(26)27)25-20(24-14-5-3-4-6-14)28(17)12-13-7-8-16(29)15(22)11-13/h3-5,8-11,13-14,34H,2,6-7,16-19H2,1H3;5-6,13,17H,4,7-12,14H2,1-3H3,(H,25,26);2*7-8,11,14,29H,2-6,9-10,12H2,1H3,(H,24,25). The molecule has 3 aliphatic carbocycles. The zero-order valence-electron chi connectivity index (χ0n) is 72.5. The summed E-state index contributed by atoms with van der Waals surface area (Å²) in [5.41, 5.74) is 7.99. The van der Waals surface area contributed by atoms with Crippen molar-refractivity contribution in [1.82, 2.24) is 57.8 Å². The van der Waals surface area contributed by atoms with Crippen LogP contribution in [0.1, 0.15) is 199 Å². The van der Waals surface area contributed by atoms with Crippen molar-refractivity contribution in [3.63, 3.8) is 0 Å². The molecule has 32 nitrogen and oxygen atoms in total. The van der Waals surface area contributed by atoms with Crippen LogP contribution in [0.4, 0.5) is 41.1 Å². The normalized spacial score (nSPS) is 18.3. The van der Waals surface area contributed by atoms with E-state index in [1.807, 2.05) is 131 Å². The van der Waals surface area contributed by atoms with Crippen molar-refractivity contribution in [3.05, 3.63) is 181 Å². The van der Waals surface area contributed by atoms with Crippen LogP contribution in [0.25, 0.3) is 0 Å². The second kappa shape index (κ2) is 36.5. The minimum atomic E-state index is -0.131. The molecule has 13 heterocycles. The largest absolute Gasteiger partial charge is 0.508 e. The quantitative estimate of drug-likeness (QED) is 0.0410. The van der Waals surface area contributed by atoms with Gasteiger partial charge in [0.1, 0.15) is 28.8 Å². The number of amides is 4. The number of hydrogen-bond acceptors (Lipinski definition) is 24. The molecule has 5 aromatic carbocycles. The van der Waals surface area contributed by atoms with Crippen LogP contribution in [-0.4, -0.2) is 237 Å². The molecule has 3 saturated carbocycles. The highest BCUT2D eigenvalue weighted by Gasteiger charge is 2.51. The number of carbonyl (C=O) groups excluding carboxylic acids is 4. The van der Waals surface area contributed by atoms with Crippen LogP contribution >= 0.6 is 27.5 Å². The molecule has 34 heteroatoms. The molecule has 4 amide bonds. The first-order valence-corrected chi connectivity index (χ1v) is 45.8. The highest BCUT2D eigenvalue weighted by Crippen LogP contribution is 2.45. The number of aryl methyl sites for hydroxylation is 1. The zero-order chi connectivity index (χ0) is 87.9. The number of aliphatic imine (C=N–C) groups is 4. The van der Waals surface area contributed by atoms with Gasteiger partial charge in [-0.25, -0.2) is 9.98 Å². The molecule has 9 aliphatic heterocycles. The molecule has 4 aromatic heterocycles. The maximum atomic E-state index is 13.6. The summed E-state index contributed by atoms with van der Waals surface area (Å²) in [4.78, 5) is 108. The van der Waals surface area contributed by atoms with Gasteiger partial charge in [-0.2, -0.15) is 15.0 Å². The number of ether oxygens (including phenoxy) is 2. The molecule has 0 radical (unpaired) electrons. The highest BCUT2D eigenvalue weighted by molar-refractivity contribution is 9.10. The van der Waals surface area contributed by atoms with Gasteiger partial charge in [0.05, 0.1) is 74.5 Å². The van der Waals surface area contributed by atoms with Gasteiger partial charge < -0.3 is 40.7 Å². The predicted octanol–water partition coefficient (Wildman–Crippen LogP) is 13.2. The maximum Gasteiger partial charge on any atom is 0.283 e. The monoisotopic (exact) mass is 1800 g/mol. The average molecular weight is 1810 g/mol.